The molecule has 0 aliphatic carbocycles. The zero-order valence-corrected chi connectivity index (χ0v) is 25.3. The van der Waals surface area contributed by atoms with Crippen molar-refractivity contribution >= 4 is 22.5 Å². The molecule has 1 atom stereocenters. The Morgan fingerprint density at radius 1 is 1.07 bits per heavy atom. The molecule has 3 N–H and O–H groups in total. The lowest BCUT2D eigenvalue weighted by atomic mass is 9.94. The zero-order valence-electron chi connectivity index (χ0n) is 25.3. The number of pyridine rings is 1. The molecule has 0 spiro atoms. The SMILES string of the molecule is CC.Cc1cc(N)nc(-c2c(F)c3c4c(nc(OCC56CCCN5CCC6)nc4c2F)N2CCNCC2CC3)c1C(F)(F)F. The number of anilines is 2. The Balaban J connectivity index is 0.00000168. The van der Waals surface area contributed by atoms with Gasteiger partial charge in [0.2, 0.25) is 0 Å². The first-order chi connectivity index (χ1) is 21.1. The van der Waals surface area contributed by atoms with E-state index in [-0.39, 0.29) is 51.9 Å². The van der Waals surface area contributed by atoms with Gasteiger partial charge in [0.1, 0.15) is 29.6 Å². The van der Waals surface area contributed by atoms with Crippen molar-refractivity contribution < 1.29 is 26.7 Å². The Morgan fingerprint density at radius 3 is 2.50 bits per heavy atom. The number of halogens is 5. The molecule has 44 heavy (non-hydrogen) atoms. The molecule has 0 saturated carbocycles. The van der Waals surface area contributed by atoms with Crippen molar-refractivity contribution in [1.29, 1.82) is 0 Å². The second-order valence-corrected chi connectivity index (χ2v) is 11.9. The molecule has 0 bridgehead atoms. The third kappa shape index (κ3) is 5.01. The lowest BCUT2D eigenvalue weighted by Crippen LogP contribution is -2.51. The molecule has 2 aromatic heterocycles. The zero-order chi connectivity index (χ0) is 31.4. The molecule has 1 aromatic carbocycles. The van der Waals surface area contributed by atoms with Crippen LogP contribution in [-0.2, 0) is 12.6 Å². The van der Waals surface area contributed by atoms with E-state index in [1.807, 2.05) is 18.7 Å². The summed E-state index contributed by atoms with van der Waals surface area (Å²) in [5.41, 5.74) is 2.20. The molecule has 8 nitrogen and oxygen atoms in total. The standard InChI is InChI=1S/C29H32F5N7O.C2H6/c1-15-12-18(35)37-24(21(15)29(32,33)34)20-22(30)17-5-4-16-13-36-8-11-41(16)26-19(17)25(23(20)31)38-27(39-26)42-14-28-6-2-9-40(28)10-3-7-28;1-2/h12,16,36H,2-11,13-14H2,1H3,(H2,35,37);1-2H3. The normalized spacial score (nSPS) is 21.0. The number of ether oxygens (including phenoxy) is 1. The highest BCUT2D eigenvalue weighted by Gasteiger charge is 2.45. The van der Waals surface area contributed by atoms with Gasteiger partial charge in [-0.05, 0) is 70.2 Å². The maximum Gasteiger partial charge on any atom is 0.418 e. The number of benzene rings is 1. The van der Waals surface area contributed by atoms with Gasteiger partial charge in [-0.25, -0.2) is 13.8 Å². The molecule has 6 heterocycles. The van der Waals surface area contributed by atoms with Crippen LogP contribution in [0, 0.1) is 18.6 Å². The Hall–Kier alpha value is -3.32. The monoisotopic (exact) mass is 619 g/mol. The highest BCUT2D eigenvalue weighted by Crippen LogP contribution is 2.46. The molecular formula is C31H38F5N7O. The van der Waals surface area contributed by atoms with Gasteiger partial charge in [0.25, 0.3) is 0 Å². The number of nitrogens with two attached hydrogens (primary N) is 1. The van der Waals surface area contributed by atoms with E-state index >= 15 is 8.78 Å². The first kappa shape index (κ1) is 30.7. The number of rotatable bonds is 4. The van der Waals surface area contributed by atoms with Crippen LogP contribution in [0.4, 0.5) is 33.6 Å². The summed E-state index contributed by atoms with van der Waals surface area (Å²) in [6.45, 7) is 9.30. The van der Waals surface area contributed by atoms with Gasteiger partial charge in [-0.15, -0.1) is 0 Å². The summed E-state index contributed by atoms with van der Waals surface area (Å²) in [4.78, 5) is 17.4. The highest BCUT2D eigenvalue weighted by atomic mass is 19.4. The van der Waals surface area contributed by atoms with Crippen LogP contribution >= 0.6 is 0 Å². The summed E-state index contributed by atoms with van der Waals surface area (Å²) in [5, 5.41) is 3.50. The summed E-state index contributed by atoms with van der Waals surface area (Å²) in [6.07, 6.45) is -0.203. The van der Waals surface area contributed by atoms with Crippen LogP contribution in [0.3, 0.4) is 0 Å². The molecule has 0 amide bonds. The number of hydrogen-bond donors (Lipinski definition) is 2. The second kappa shape index (κ2) is 11.6. The molecule has 3 aromatic rings. The van der Waals surface area contributed by atoms with E-state index < -0.39 is 34.6 Å². The summed E-state index contributed by atoms with van der Waals surface area (Å²) < 4.78 is 82.0. The summed E-state index contributed by atoms with van der Waals surface area (Å²) in [7, 11) is 0. The van der Waals surface area contributed by atoms with Crippen LogP contribution in [0.2, 0.25) is 0 Å². The number of fused-ring (bicyclic) bond motifs is 3. The van der Waals surface area contributed by atoms with Crippen molar-refractivity contribution in [1.82, 2.24) is 25.2 Å². The maximum atomic E-state index is 16.6. The van der Waals surface area contributed by atoms with E-state index in [0.717, 1.165) is 44.8 Å². The summed E-state index contributed by atoms with van der Waals surface area (Å²) >= 11 is 0. The molecule has 4 aliphatic rings. The van der Waals surface area contributed by atoms with Gasteiger partial charge < -0.3 is 20.7 Å². The van der Waals surface area contributed by atoms with Crippen LogP contribution in [0.15, 0.2) is 6.07 Å². The summed E-state index contributed by atoms with van der Waals surface area (Å²) in [5.74, 6) is -2.26. The number of nitrogen functional groups attached to an aromatic ring is 1. The van der Waals surface area contributed by atoms with Crippen molar-refractivity contribution in [2.24, 2.45) is 0 Å². The third-order valence-electron chi connectivity index (χ3n) is 9.47. The first-order valence-electron chi connectivity index (χ1n) is 15.5. The number of alkyl halides is 3. The van der Waals surface area contributed by atoms with E-state index in [1.54, 1.807) is 0 Å². The van der Waals surface area contributed by atoms with Gasteiger partial charge >= 0.3 is 12.2 Å². The van der Waals surface area contributed by atoms with Crippen molar-refractivity contribution in [2.75, 3.05) is 50.0 Å². The smallest absolute Gasteiger partial charge is 0.418 e. The van der Waals surface area contributed by atoms with E-state index in [1.165, 1.54) is 6.92 Å². The number of hydrogen-bond acceptors (Lipinski definition) is 8. The predicted molar refractivity (Wildman–Crippen MR) is 159 cm³/mol. The number of nitrogens with zero attached hydrogens (tertiary/aromatic N) is 5. The van der Waals surface area contributed by atoms with Crippen molar-refractivity contribution in [3.63, 3.8) is 0 Å². The minimum atomic E-state index is -4.92. The van der Waals surface area contributed by atoms with Crippen LogP contribution < -0.4 is 20.7 Å². The fraction of sp³-hybridized carbons (Fsp3) is 0.581. The average molecular weight is 620 g/mol. The Morgan fingerprint density at radius 2 is 1.80 bits per heavy atom. The van der Waals surface area contributed by atoms with Gasteiger partial charge in [-0.1, -0.05) is 13.8 Å². The van der Waals surface area contributed by atoms with Crippen LogP contribution in [-0.4, -0.2) is 70.8 Å². The van der Waals surface area contributed by atoms with E-state index in [4.69, 9.17) is 15.5 Å². The van der Waals surface area contributed by atoms with Crippen LogP contribution in [0.25, 0.3) is 22.2 Å². The lowest BCUT2D eigenvalue weighted by Gasteiger charge is -2.36. The van der Waals surface area contributed by atoms with Gasteiger partial charge in [-0.3, -0.25) is 4.90 Å². The Bertz CT molecular complexity index is 1570. The second-order valence-electron chi connectivity index (χ2n) is 11.9. The lowest BCUT2D eigenvalue weighted by molar-refractivity contribution is -0.137. The largest absolute Gasteiger partial charge is 0.461 e. The molecule has 7 rings (SSSR count). The maximum absolute atomic E-state index is 16.6. The quantitative estimate of drug-likeness (QED) is 0.363. The molecule has 3 saturated heterocycles. The summed E-state index contributed by atoms with van der Waals surface area (Å²) in [6, 6.07) is 0.907. The molecule has 238 valence electrons. The van der Waals surface area contributed by atoms with Gasteiger partial charge in [0.15, 0.2) is 5.82 Å². The van der Waals surface area contributed by atoms with E-state index in [9.17, 15) is 13.2 Å². The highest BCUT2D eigenvalue weighted by molar-refractivity contribution is 5.97. The molecule has 13 heteroatoms. The average Bonchev–Trinajstić information content (AvgIpc) is 3.52. The molecule has 0 radical (unpaired) electrons. The fourth-order valence-electron chi connectivity index (χ4n) is 7.56. The first-order valence-corrected chi connectivity index (χ1v) is 15.5. The molecular weight excluding hydrogens is 581 g/mol. The topological polar surface area (TPSA) is 92.4 Å². The molecule has 4 aliphatic heterocycles. The number of piperazine rings is 1. The van der Waals surface area contributed by atoms with Gasteiger partial charge in [0.05, 0.1) is 27.7 Å². The van der Waals surface area contributed by atoms with Gasteiger partial charge in [0, 0.05) is 31.2 Å². The van der Waals surface area contributed by atoms with E-state index in [2.05, 4.69) is 20.2 Å². The van der Waals surface area contributed by atoms with Crippen LogP contribution in [0.1, 0.15) is 62.6 Å². The minimum absolute atomic E-state index is 0.0692. The number of aryl methyl sites for hydroxylation is 2. The van der Waals surface area contributed by atoms with Crippen molar-refractivity contribution in [3.8, 4) is 17.3 Å². The minimum Gasteiger partial charge on any atom is -0.461 e. The van der Waals surface area contributed by atoms with Crippen LogP contribution in [0.5, 0.6) is 6.01 Å². The van der Waals surface area contributed by atoms with Crippen molar-refractivity contribution in [2.45, 2.75) is 77.1 Å². The predicted octanol–water partition coefficient (Wildman–Crippen LogP) is 5.64. The molecule has 1 unspecified atom stereocenters. The Labute approximate surface area is 253 Å². The number of aromatic nitrogens is 3. The van der Waals surface area contributed by atoms with Gasteiger partial charge in [-0.2, -0.15) is 23.1 Å². The fourth-order valence-corrected chi connectivity index (χ4v) is 7.56. The Kier molecular flexibility index (Phi) is 8.06. The third-order valence-corrected chi connectivity index (χ3v) is 9.47. The van der Waals surface area contributed by atoms with Crippen molar-refractivity contribution in [3.05, 3.63) is 34.4 Å². The molecule has 3 fully saturated rings. The van der Waals surface area contributed by atoms with E-state index in [0.29, 0.717) is 38.5 Å². The number of nitrogens with one attached hydrogen (secondary N) is 1.